The summed E-state index contributed by atoms with van der Waals surface area (Å²) in [6.07, 6.45) is 1.91. The lowest BCUT2D eigenvalue weighted by Gasteiger charge is -2.22. The van der Waals surface area contributed by atoms with Crippen molar-refractivity contribution in [2.75, 3.05) is 0 Å². The quantitative estimate of drug-likeness (QED) is 0.183. The molecule has 0 radical (unpaired) electrons. The van der Waals surface area contributed by atoms with Crippen molar-refractivity contribution in [2.45, 2.75) is 45.4 Å². The number of benzene rings is 7. The second-order valence-electron chi connectivity index (χ2n) is 17.3. The van der Waals surface area contributed by atoms with Crippen LogP contribution in [-0.2, 0) is 10.8 Å². The number of hydrogen-bond donors (Lipinski definition) is 1. The van der Waals surface area contributed by atoms with Gasteiger partial charge < -0.3 is 5.11 Å². The predicted octanol–water partition coefficient (Wildman–Crippen LogP) is 14.1. The van der Waals surface area contributed by atoms with E-state index in [1.54, 1.807) is 0 Å². The number of phenols is 1. The largest absolute Gasteiger partial charge is 0.507 e. The molecule has 1 N–H and O–H groups in total. The maximum atomic E-state index is 11.9. The number of aromatic nitrogens is 3. The van der Waals surface area contributed by atoms with E-state index in [1.165, 1.54) is 27.8 Å². The summed E-state index contributed by atoms with van der Waals surface area (Å²) in [7, 11) is 0. The van der Waals surface area contributed by atoms with E-state index in [2.05, 4.69) is 179 Å². The zero-order valence-electron chi connectivity index (χ0n) is 34.0. The molecule has 286 valence electrons. The molecule has 7 aromatic carbocycles. The smallest absolute Gasteiger partial charge is 0.149 e. The highest BCUT2D eigenvalue weighted by molar-refractivity contribution is 5.97. The van der Waals surface area contributed by atoms with Gasteiger partial charge in [-0.05, 0) is 116 Å². The van der Waals surface area contributed by atoms with Crippen LogP contribution in [0.5, 0.6) is 5.75 Å². The first-order chi connectivity index (χ1) is 28.5. The van der Waals surface area contributed by atoms with Gasteiger partial charge in [0.15, 0.2) is 0 Å². The number of pyridine rings is 1. The maximum absolute atomic E-state index is 11.9. The first-order valence-electron chi connectivity index (χ1n) is 20.4. The highest BCUT2D eigenvalue weighted by Gasteiger charge is 2.36. The molecule has 2 aromatic heterocycles. The average molecular weight is 764 g/mol. The average Bonchev–Trinajstić information content (AvgIpc) is 3.75. The fraction of sp³-hybridized carbons (Fsp3) is 0.127. The number of rotatable bonds is 6. The van der Waals surface area contributed by atoms with Gasteiger partial charge in [-0.3, -0.25) is 9.55 Å². The second kappa shape index (κ2) is 13.8. The number of phenolic OH excluding ortho intramolecular Hbond substituents is 1. The van der Waals surface area contributed by atoms with Gasteiger partial charge in [0.2, 0.25) is 0 Å². The molecule has 2 heterocycles. The van der Waals surface area contributed by atoms with E-state index < -0.39 is 0 Å². The number of fused-ring (bicyclic) bond motifs is 4. The van der Waals surface area contributed by atoms with E-state index >= 15 is 0 Å². The monoisotopic (exact) mass is 763 g/mol. The molecule has 0 spiro atoms. The van der Waals surface area contributed by atoms with Crippen molar-refractivity contribution in [3.63, 3.8) is 0 Å². The van der Waals surface area contributed by atoms with Gasteiger partial charge in [-0.25, -0.2) is 4.98 Å². The molecule has 0 amide bonds. The Bertz CT molecular complexity index is 3040. The van der Waals surface area contributed by atoms with Gasteiger partial charge in [0.1, 0.15) is 11.6 Å². The van der Waals surface area contributed by atoms with E-state index in [0.717, 1.165) is 61.4 Å². The molecule has 59 heavy (non-hydrogen) atoms. The minimum atomic E-state index is -0.230. The Morgan fingerprint density at radius 2 is 1.15 bits per heavy atom. The summed E-state index contributed by atoms with van der Waals surface area (Å²) in [5.41, 5.74) is 17.8. The summed E-state index contributed by atoms with van der Waals surface area (Å²) in [6, 6.07) is 59.8. The van der Waals surface area contributed by atoms with Crippen molar-refractivity contribution < 1.29 is 5.11 Å². The van der Waals surface area contributed by atoms with E-state index in [4.69, 9.17) is 9.97 Å². The third-order valence-corrected chi connectivity index (χ3v) is 12.1. The standard InChI is InChI=1S/C55H45N3O/c1-54(2,3)41-30-39(29-40(31-41)49-32-38(27-28-56-49)37-25-23-36(24-26-37)35-15-8-6-9-16-35)43-20-14-22-50-52(43)57-53(58(50)42-17-10-7-11-18-42)46-33-45-44-19-12-13-21-47(44)55(4,5)48(45)34-51(46)59/h6-34,59H,1-5H3. The lowest BCUT2D eigenvalue weighted by molar-refractivity contribution is 0.474. The van der Waals surface area contributed by atoms with Gasteiger partial charge in [-0.1, -0.05) is 150 Å². The molecule has 0 aliphatic heterocycles. The minimum Gasteiger partial charge on any atom is -0.507 e. The third-order valence-electron chi connectivity index (χ3n) is 12.1. The number of aromatic hydroxyl groups is 1. The summed E-state index contributed by atoms with van der Waals surface area (Å²) < 4.78 is 2.19. The molecule has 4 nitrogen and oxygen atoms in total. The van der Waals surface area contributed by atoms with Crippen LogP contribution in [0.2, 0.25) is 0 Å². The summed E-state index contributed by atoms with van der Waals surface area (Å²) >= 11 is 0. The predicted molar refractivity (Wildman–Crippen MR) is 244 cm³/mol. The number of nitrogens with zero attached hydrogens (tertiary/aromatic N) is 3. The highest BCUT2D eigenvalue weighted by atomic mass is 16.3. The Labute approximate surface area is 346 Å². The molecule has 0 unspecified atom stereocenters. The zero-order chi connectivity index (χ0) is 40.5. The van der Waals surface area contributed by atoms with Crippen molar-refractivity contribution in [1.82, 2.24) is 14.5 Å². The van der Waals surface area contributed by atoms with Gasteiger partial charge in [-0.15, -0.1) is 0 Å². The summed E-state index contributed by atoms with van der Waals surface area (Å²) in [6.45, 7) is 11.2. The Hall–Kier alpha value is -7.04. The van der Waals surface area contributed by atoms with Gasteiger partial charge in [-0.2, -0.15) is 0 Å². The molecule has 0 fully saturated rings. The molecule has 10 rings (SSSR count). The van der Waals surface area contributed by atoms with Crippen molar-refractivity contribution in [3.05, 3.63) is 193 Å². The summed E-state index contributed by atoms with van der Waals surface area (Å²) in [5, 5.41) is 11.9. The van der Waals surface area contributed by atoms with Gasteiger partial charge in [0.25, 0.3) is 0 Å². The Kier molecular flexibility index (Phi) is 8.50. The van der Waals surface area contributed by atoms with Crippen molar-refractivity contribution in [2.24, 2.45) is 0 Å². The van der Waals surface area contributed by atoms with Crippen LogP contribution in [0.15, 0.2) is 176 Å². The summed E-state index contributed by atoms with van der Waals surface area (Å²) in [4.78, 5) is 10.4. The normalized spacial score (nSPS) is 13.0. The first kappa shape index (κ1) is 36.3. The molecule has 0 saturated carbocycles. The first-order valence-corrected chi connectivity index (χ1v) is 20.4. The van der Waals surface area contributed by atoms with Gasteiger partial charge >= 0.3 is 0 Å². The van der Waals surface area contributed by atoms with Crippen LogP contribution in [0, 0.1) is 0 Å². The zero-order valence-corrected chi connectivity index (χ0v) is 34.0. The molecule has 0 atom stereocenters. The SMILES string of the molecule is CC(C)(C)c1cc(-c2cc(-c3ccc(-c4ccccc4)cc3)ccn2)cc(-c2cccc3c2nc(-c2cc4c(cc2O)C(C)(C)c2ccccc2-4)n3-c2ccccc2)c1. The van der Waals surface area contributed by atoms with Crippen LogP contribution in [0.25, 0.3) is 83.9 Å². The molecule has 4 heteroatoms. The van der Waals surface area contributed by atoms with E-state index in [9.17, 15) is 5.11 Å². The maximum Gasteiger partial charge on any atom is 0.149 e. The molecule has 0 bridgehead atoms. The molecule has 1 aliphatic rings. The highest BCUT2D eigenvalue weighted by Crippen LogP contribution is 2.52. The lowest BCUT2D eigenvalue weighted by atomic mass is 9.82. The Morgan fingerprint density at radius 1 is 0.508 bits per heavy atom. The van der Waals surface area contributed by atoms with Crippen LogP contribution in [0.1, 0.15) is 51.3 Å². The fourth-order valence-corrected chi connectivity index (χ4v) is 8.88. The second-order valence-corrected chi connectivity index (χ2v) is 17.3. The third kappa shape index (κ3) is 6.24. The molecular formula is C55H45N3O. The lowest BCUT2D eigenvalue weighted by Crippen LogP contribution is -2.14. The number of hydrogen-bond acceptors (Lipinski definition) is 3. The Balaban J connectivity index is 1.13. The summed E-state index contributed by atoms with van der Waals surface area (Å²) in [5.74, 6) is 0.914. The molecule has 9 aromatic rings. The van der Waals surface area contributed by atoms with E-state index in [-0.39, 0.29) is 16.6 Å². The van der Waals surface area contributed by atoms with Crippen LogP contribution in [0.4, 0.5) is 0 Å². The van der Waals surface area contributed by atoms with Crippen LogP contribution < -0.4 is 0 Å². The van der Waals surface area contributed by atoms with Gasteiger partial charge in [0, 0.05) is 28.4 Å². The topological polar surface area (TPSA) is 50.9 Å². The minimum absolute atomic E-state index is 0.127. The number of para-hydroxylation sites is 2. The molecule has 1 aliphatic carbocycles. The van der Waals surface area contributed by atoms with Crippen molar-refractivity contribution in [1.29, 1.82) is 0 Å². The Morgan fingerprint density at radius 3 is 1.90 bits per heavy atom. The fourth-order valence-electron chi connectivity index (χ4n) is 8.88. The van der Waals surface area contributed by atoms with Crippen molar-refractivity contribution in [3.8, 4) is 78.6 Å². The van der Waals surface area contributed by atoms with Crippen LogP contribution in [0.3, 0.4) is 0 Å². The molecule has 0 saturated heterocycles. The van der Waals surface area contributed by atoms with Crippen LogP contribution in [-0.4, -0.2) is 19.6 Å². The van der Waals surface area contributed by atoms with E-state index in [0.29, 0.717) is 11.4 Å². The molecular weight excluding hydrogens is 719 g/mol. The van der Waals surface area contributed by atoms with Crippen LogP contribution >= 0.6 is 0 Å². The number of imidazole rings is 1. The van der Waals surface area contributed by atoms with E-state index in [1.807, 2.05) is 36.5 Å². The van der Waals surface area contributed by atoms with Crippen molar-refractivity contribution >= 4 is 11.0 Å². The van der Waals surface area contributed by atoms with Gasteiger partial charge in [0.05, 0.1) is 22.3 Å².